The number of rotatable bonds is 5. The lowest BCUT2D eigenvalue weighted by atomic mass is 10.1. The van der Waals surface area contributed by atoms with Crippen LogP contribution >= 0.6 is 0 Å². The highest BCUT2D eigenvalue weighted by Crippen LogP contribution is 2.36. The lowest BCUT2D eigenvalue weighted by Crippen LogP contribution is -2.20. The van der Waals surface area contributed by atoms with Gasteiger partial charge in [0.05, 0.1) is 24.2 Å². The summed E-state index contributed by atoms with van der Waals surface area (Å²) < 4.78 is 43.3. The number of carbonyl (C=O) groups is 2. The first-order valence-electron chi connectivity index (χ1n) is 5.53. The maximum Gasteiger partial charge on any atom is 0.419 e. The van der Waals surface area contributed by atoms with Crippen molar-refractivity contribution in [3.8, 4) is 5.75 Å². The fourth-order valence-electron chi connectivity index (χ4n) is 1.39. The molecule has 110 valence electrons. The largest absolute Gasteiger partial charge is 0.492 e. The van der Waals surface area contributed by atoms with Gasteiger partial charge in [-0.15, -0.1) is 0 Å². The van der Waals surface area contributed by atoms with E-state index in [9.17, 15) is 22.8 Å². The Morgan fingerprint density at radius 2 is 2.00 bits per heavy atom. The lowest BCUT2D eigenvalue weighted by molar-refractivity contribution is -0.139. The van der Waals surface area contributed by atoms with E-state index in [2.05, 4.69) is 5.32 Å². The van der Waals surface area contributed by atoms with Gasteiger partial charge >= 0.3 is 12.1 Å². The quantitative estimate of drug-likeness (QED) is 0.869. The summed E-state index contributed by atoms with van der Waals surface area (Å²) in [5, 5.41) is 11.0. The fraction of sp³-hybridized carbons (Fsp3) is 0.333. The molecule has 0 spiro atoms. The van der Waals surface area contributed by atoms with E-state index in [1.807, 2.05) is 0 Å². The molecule has 20 heavy (non-hydrogen) atoms. The van der Waals surface area contributed by atoms with Gasteiger partial charge in [0.1, 0.15) is 5.75 Å². The predicted molar refractivity (Wildman–Crippen MR) is 62.6 cm³/mol. The molecule has 1 rings (SSSR count). The standard InChI is InChI=1S/C12H12F3NO4/c1-16-10(17)4-5-20-9-3-2-7(11(18)19)6-8(9)12(13,14)15/h2-3,6H,4-5H2,1H3,(H,16,17)(H,18,19). The van der Waals surface area contributed by atoms with Crippen molar-refractivity contribution in [2.75, 3.05) is 13.7 Å². The number of carboxylic acids is 1. The molecule has 0 aromatic heterocycles. The normalized spacial score (nSPS) is 11.0. The van der Waals surface area contributed by atoms with Crippen LogP contribution in [0.2, 0.25) is 0 Å². The summed E-state index contributed by atoms with van der Waals surface area (Å²) in [4.78, 5) is 21.6. The van der Waals surface area contributed by atoms with E-state index in [-0.39, 0.29) is 18.9 Å². The monoisotopic (exact) mass is 291 g/mol. The highest BCUT2D eigenvalue weighted by molar-refractivity contribution is 5.88. The molecule has 0 saturated heterocycles. The average Bonchev–Trinajstić information content (AvgIpc) is 2.37. The Labute approximate surface area is 112 Å². The Morgan fingerprint density at radius 3 is 2.50 bits per heavy atom. The first-order chi connectivity index (χ1) is 9.25. The van der Waals surface area contributed by atoms with Gasteiger partial charge in [-0.05, 0) is 18.2 Å². The molecule has 0 aliphatic carbocycles. The van der Waals surface area contributed by atoms with Gasteiger partial charge in [0, 0.05) is 7.05 Å². The third kappa shape index (κ3) is 4.15. The topological polar surface area (TPSA) is 75.6 Å². The molecule has 0 radical (unpaired) electrons. The zero-order chi connectivity index (χ0) is 15.3. The Hall–Kier alpha value is -2.25. The number of aromatic carboxylic acids is 1. The van der Waals surface area contributed by atoms with Gasteiger partial charge in [-0.1, -0.05) is 0 Å². The third-order valence-electron chi connectivity index (χ3n) is 2.40. The van der Waals surface area contributed by atoms with Gasteiger partial charge in [-0.2, -0.15) is 13.2 Å². The van der Waals surface area contributed by atoms with E-state index in [0.717, 1.165) is 12.1 Å². The van der Waals surface area contributed by atoms with E-state index < -0.39 is 29.0 Å². The minimum absolute atomic E-state index is 0.103. The number of hydrogen-bond donors (Lipinski definition) is 2. The maximum absolute atomic E-state index is 12.8. The van der Waals surface area contributed by atoms with Crippen LogP contribution in [0.5, 0.6) is 5.75 Å². The molecule has 1 aromatic rings. The highest BCUT2D eigenvalue weighted by Gasteiger charge is 2.35. The minimum atomic E-state index is -4.74. The van der Waals surface area contributed by atoms with Crippen LogP contribution < -0.4 is 10.1 Å². The number of benzene rings is 1. The van der Waals surface area contributed by atoms with E-state index in [0.29, 0.717) is 6.07 Å². The molecule has 0 aliphatic rings. The second kappa shape index (κ2) is 6.27. The molecule has 1 aromatic carbocycles. The minimum Gasteiger partial charge on any atom is -0.492 e. The zero-order valence-electron chi connectivity index (χ0n) is 10.5. The van der Waals surface area contributed by atoms with Crippen LogP contribution in [0, 0.1) is 0 Å². The molecular formula is C12H12F3NO4. The van der Waals surface area contributed by atoms with Crippen LogP contribution in [0.1, 0.15) is 22.3 Å². The van der Waals surface area contributed by atoms with Crippen molar-refractivity contribution in [2.24, 2.45) is 0 Å². The number of halogens is 3. The van der Waals surface area contributed by atoms with Crippen LogP contribution in [0.15, 0.2) is 18.2 Å². The molecule has 5 nitrogen and oxygen atoms in total. The van der Waals surface area contributed by atoms with Gasteiger partial charge in [0.25, 0.3) is 0 Å². The zero-order valence-corrected chi connectivity index (χ0v) is 10.5. The van der Waals surface area contributed by atoms with Crippen LogP contribution in [-0.4, -0.2) is 30.6 Å². The van der Waals surface area contributed by atoms with Gasteiger partial charge < -0.3 is 15.2 Å². The number of amides is 1. The second-order valence-electron chi connectivity index (χ2n) is 3.79. The average molecular weight is 291 g/mol. The fourth-order valence-corrected chi connectivity index (χ4v) is 1.39. The van der Waals surface area contributed by atoms with Crippen molar-refractivity contribution in [1.82, 2.24) is 5.32 Å². The van der Waals surface area contributed by atoms with E-state index >= 15 is 0 Å². The third-order valence-corrected chi connectivity index (χ3v) is 2.40. The molecule has 2 N–H and O–H groups in total. The van der Waals surface area contributed by atoms with Gasteiger partial charge in [0.15, 0.2) is 0 Å². The first-order valence-corrected chi connectivity index (χ1v) is 5.53. The number of hydrogen-bond acceptors (Lipinski definition) is 3. The maximum atomic E-state index is 12.8. The molecule has 0 unspecified atom stereocenters. The van der Waals surface area contributed by atoms with Crippen molar-refractivity contribution < 1.29 is 32.6 Å². The second-order valence-corrected chi connectivity index (χ2v) is 3.79. The summed E-state index contributed by atoms with van der Waals surface area (Å²) in [6.45, 7) is -0.241. The van der Waals surface area contributed by atoms with E-state index in [4.69, 9.17) is 9.84 Å². The molecule has 1 amide bonds. The van der Waals surface area contributed by atoms with Crippen molar-refractivity contribution in [3.05, 3.63) is 29.3 Å². The van der Waals surface area contributed by atoms with Crippen molar-refractivity contribution in [1.29, 1.82) is 0 Å². The summed E-state index contributed by atoms with van der Waals surface area (Å²) in [7, 11) is 1.39. The van der Waals surface area contributed by atoms with Crippen molar-refractivity contribution in [3.63, 3.8) is 0 Å². The van der Waals surface area contributed by atoms with E-state index in [1.54, 1.807) is 0 Å². The van der Waals surface area contributed by atoms with Crippen LogP contribution in [-0.2, 0) is 11.0 Å². The Bertz CT molecular complexity index is 514. The molecule has 8 heteroatoms. The SMILES string of the molecule is CNC(=O)CCOc1ccc(C(=O)O)cc1C(F)(F)F. The molecule has 0 bridgehead atoms. The summed E-state index contributed by atoms with van der Waals surface area (Å²) in [5.41, 5.74) is -1.68. The number of nitrogens with one attached hydrogen (secondary N) is 1. The molecular weight excluding hydrogens is 279 g/mol. The van der Waals surface area contributed by atoms with Crippen LogP contribution in [0.4, 0.5) is 13.2 Å². The number of ether oxygens (including phenoxy) is 1. The Morgan fingerprint density at radius 1 is 1.35 bits per heavy atom. The molecule has 0 fully saturated rings. The van der Waals surface area contributed by atoms with E-state index in [1.165, 1.54) is 7.05 Å². The molecule has 0 atom stereocenters. The first kappa shape index (κ1) is 15.8. The molecule has 0 heterocycles. The van der Waals surface area contributed by atoms with Gasteiger partial charge in [0.2, 0.25) is 5.91 Å². The smallest absolute Gasteiger partial charge is 0.419 e. The molecule has 0 aliphatic heterocycles. The summed E-state index contributed by atoms with van der Waals surface area (Å²) in [6, 6.07) is 2.43. The van der Waals surface area contributed by atoms with Gasteiger partial charge in [-0.25, -0.2) is 4.79 Å². The predicted octanol–water partition coefficient (Wildman–Crippen LogP) is 1.92. The number of carboxylic acid groups (broad SMARTS) is 1. The van der Waals surface area contributed by atoms with Crippen LogP contribution in [0.25, 0.3) is 0 Å². The van der Waals surface area contributed by atoms with Crippen molar-refractivity contribution in [2.45, 2.75) is 12.6 Å². The summed E-state index contributed by atoms with van der Waals surface area (Å²) >= 11 is 0. The van der Waals surface area contributed by atoms with Crippen molar-refractivity contribution >= 4 is 11.9 Å². The number of alkyl halides is 3. The van der Waals surface area contributed by atoms with Gasteiger partial charge in [-0.3, -0.25) is 4.79 Å². The Kier molecular flexibility index (Phi) is 4.95. The Balaban J connectivity index is 2.95. The number of carbonyl (C=O) groups excluding carboxylic acids is 1. The summed E-state index contributed by atoms with van der Waals surface area (Å²) in [5.74, 6) is -2.35. The lowest BCUT2D eigenvalue weighted by Gasteiger charge is -2.14. The molecule has 0 saturated carbocycles. The highest BCUT2D eigenvalue weighted by atomic mass is 19.4. The summed E-state index contributed by atoms with van der Waals surface area (Å²) in [6.07, 6.45) is -4.84. The van der Waals surface area contributed by atoms with Crippen LogP contribution in [0.3, 0.4) is 0 Å².